The minimum Gasteiger partial charge on any atom is -0.481 e. The number of aliphatic hydroxyl groups is 3. The van der Waals surface area contributed by atoms with Crippen LogP contribution in [0.4, 0.5) is 0 Å². The van der Waals surface area contributed by atoms with E-state index in [0.717, 1.165) is 93.4 Å². The topological polar surface area (TPSA) is 132 Å². The molecular formula is C80H168O7S25. The number of carbonyl (C=O) groups excluding carboxylic acids is 2. The minimum atomic E-state index is -0.630. The maximum Gasteiger partial charge on any atom is 0.307 e. The summed E-state index contributed by atoms with van der Waals surface area (Å²) in [5, 5.41) is 42.0. The summed E-state index contributed by atoms with van der Waals surface area (Å²) in [5.41, 5.74) is -0.118. The van der Waals surface area contributed by atoms with Gasteiger partial charge in [0.1, 0.15) is 17.0 Å². The molecule has 7 nitrogen and oxygen atoms in total. The number of hydrogen-bond acceptors (Lipinski definition) is 31. The number of aliphatic hydroxyl groups excluding tert-OH is 3. The fourth-order valence-corrected chi connectivity index (χ4v) is 41.2. The quantitative estimate of drug-likeness (QED) is 0.0970. The van der Waals surface area contributed by atoms with E-state index in [1.165, 1.54) is 230 Å². The lowest BCUT2D eigenvalue weighted by atomic mass is 10.1. The lowest BCUT2D eigenvalue weighted by Gasteiger charge is -2.22. The highest BCUT2D eigenvalue weighted by atomic mass is 33.1. The second kappa shape index (κ2) is 104. The molecule has 12 saturated heterocycles. The van der Waals surface area contributed by atoms with Crippen LogP contribution in [-0.2, 0) is 14.4 Å². The number of hydrogen-bond donors (Lipinski definition) is 4. The van der Waals surface area contributed by atoms with Crippen molar-refractivity contribution in [1.82, 2.24) is 0 Å². The predicted molar refractivity (Wildman–Crippen MR) is 589 cm³/mol. The highest BCUT2D eigenvalue weighted by Crippen LogP contribution is 2.43. The number of carboxylic acids is 1. The van der Waals surface area contributed by atoms with E-state index in [0.29, 0.717) is 28.7 Å². The molecular weight excluding hydrogens is 1870 g/mol. The van der Waals surface area contributed by atoms with Gasteiger partial charge in [0.25, 0.3) is 0 Å². The molecule has 4 N–H and O–H groups in total. The summed E-state index contributed by atoms with van der Waals surface area (Å²) in [5.74, 6) is 24.3. The average Bonchev–Trinajstić information content (AvgIpc) is 1.65. The van der Waals surface area contributed by atoms with Gasteiger partial charge in [-0.25, -0.2) is 0 Å². The second-order valence-electron chi connectivity index (χ2n) is 26.1. The largest absolute Gasteiger partial charge is 0.481 e. The summed E-state index contributed by atoms with van der Waals surface area (Å²) in [4.78, 5) is 31.4. The van der Waals surface area contributed by atoms with E-state index in [9.17, 15) is 19.5 Å². The summed E-state index contributed by atoms with van der Waals surface area (Å²) in [7, 11) is 46.4. The predicted octanol–water partition coefficient (Wildman–Crippen LogP) is 34.7. The molecule has 0 aromatic carbocycles. The summed E-state index contributed by atoms with van der Waals surface area (Å²) in [6.45, 7) is 14.3. The molecule has 13 aliphatic heterocycles. The smallest absolute Gasteiger partial charge is 0.307 e. The van der Waals surface area contributed by atoms with Gasteiger partial charge in [0, 0.05) is 131 Å². The molecule has 0 aliphatic carbocycles. The molecule has 13 aliphatic rings. The monoisotopic (exact) mass is 2040 g/mol. The lowest BCUT2D eigenvalue weighted by Crippen LogP contribution is -2.24. The first kappa shape index (κ1) is 135. The van der Waals surface area contributed by atoms with Crippen molar-refractivity contribution in [2.75, 3.05) is 109 Å². The molecule has 112 heavy (non-hydrogen) atoms. The first-order chi connectivity index (χ1) is 50.7. The zero-order valence-corrected chi connectivity index (χ0v) is 84.3. The van der Waals surface area contributed by atoms with Gasteiger partial charge in [-0.2, -0.15) is 11.8 Å². The number of ketones is 2. The molecule has 0 saturated carbocycles. The number of thioether (sulfide) groups is 1. The van der Waals surface area contributed by atoms with E-state index in [2.05, 4.69) is 78.5 Å². The fourth-order valence-electron chi connectivity index (χ4n) is 9.34. The molecule has 0 bridgehead atoms. The normalized spacial score (nSPS) is 26.4. The molecule has 0 spiro atoms. The number of Topliss-reactive ketones (excluding diaryl/α,β-unsaturated/α-hetero) is 2. The van der Waals surface area contributed by atoms with E-state index >= 15 is 0 Å². The number of aliphatic carboxylic acids is 1. The van der Waals surface area contributed by atoms with Crippen molar-refractivity contribution >= 4 is 288 Å². The molecule has 12 fully saturated rings. The van der Waals surface area contributed by atoms with Crippen LogP contribution in [0.2, 0.25) is 0 Å². The Morgan fingerprint density at radius 1 is 0.366 bits per heavy atom. The first-order valence-electron chi connectivity index (χ1n) is 38.4. The molecule has 32 heteroatoms. The number of rotatable bonds is 14. The lowest BCUT2D eigenvalue weighted by molar-refractivity contribution is -0.140. The molecule has 13 heterocycles. The summed E-state index contributed by atoms with van der Waals surface area (Å²) in [6.07, 6.45) is 41.9. The van der Waals surface area contributed by atoms with Crippen molar-refractivity contribution in [2.24, 2.45) is 17.8 Å². The number of unbranched alkanes of at least 4 members (excludes halogenated alkanes) is 4. The zero-order chi connectivity index (χ0) is 75.8. The third-order valence-electron chi connectivity index (χ3n) is 16.2. The Balaban J connectivity index is -0.000000174. The van der Waals surface area contributed by atoms with Crippen molar-refractivity contribution in [1.29, 1.82) is 0 Å². The highest BCUT2D eigenvalue weighted by Gasteiger charge is 2.24. The van der Waals surface area contributed by atoms with Gasteiger partial charge in [-0.3, -0.25) is 9.59 Å². The third kappa shape index (κ3) is 91.9. The number of carbonyl (C=O) groups is 3. The van der Waals surface area contributed by atoms with Crippen LogP contribution in [0.5, 0.6) is 0 Å². The third-order valence-corrected chi connectivity index (χ3v) is 49.9. The Morgan fingerprint density at radius 3 is 1.09 bits per heavy atom. The van der Waals surface area contributed by atoms with Crippen LogP contribution in [0.25, 0.3) is 0 Å². The molecule has 7 unspecified atom stereocenters. The summed E-state index contributed by atoms with van der Waals surface area (Å²) < 4.78 is 0. The Labute approximate surface area is 795 Å². The van der Waals surface area contributed by atoms with Crippen LogP contribution >= 0.6 is 271 Å². The van der Waals surface area contributed by atoms with E-state index < -0.39 is 5.97 Å². The second-order valence-corrected chi connectivity index (χ2v) is 59.4. The van der Waals surface area contributed by atoms with Crippen LogP contribution in [0.1, 0.15) is 301 Å². The van der Waals surface area contributed by atoms with E-state index in [1.807, 2.05) is 173 Å². The first-order valence-corrected chi connectivity index (χ1v) is 68.6. The molecule has 0 aromatic rings. The van der Waals surface area contributed by atoms with Crippen LogP contribution < -0.4 is 0 Å². The highest BCUT2D eigenvalue weighted by molar-refractivity contribution is 8.80. The Bertz CT molecular complexity index is 1750. The SMILES string of the molecule is C.C.C.C.C.C.C.C.C1=CSSC1.C1CCCSSCC1.C1CCSSC1.C1CCSSCC1.C1CSSC1.CC(=O)C1CCSS1.CC(=O)CCCCC1CCSS1.CC1CCCCC(O)SS1.CCCC1CCSS1.CCCCCCC1CCSS1.C[C@@H]1CSSC[C@@H]1O.C[C@@H]1CSSC[C@H]1O.O=C(O)C1CCSC1. The maximum atomic E-state index is 10.6. The van der Waals surface area contributed by atoms with Crippen LogP contribution in [0.3, 0.4) is 0 Å². The van der Waals surface area contributed by atoms with Crippen LogP contribution in [-0.4, -0.2) is 191 Å². The summed E-state index contributed by atoms with van der Waals surface area (Å²) >= 11 is 1.73. The van der Waals surface area contributed by atoms with Gasteiger partial charge in [-0.15, -0.1) is 0 Å². The Kier molecular flexibility index (Phi) is 125. The van der Waals surface area contributed by atoms with Gasteiger partial charge in [0.15, 0.2) is 0 Å². The van der Waals surface area contributed by atoms with Gasteiger partial charge >= 0.3 is 5.97 Å². The van der Waals surface area contributed by atoms with Crippen LogP contribution in [0.15, 0.2) is 11.5 Å². The molecule has 0 aromatic heterocycles. The molecule has 0 radical (unpaired) electrons. The Morgan fingerprint density at radius 2 is 0.786 bits per heavy atom. The minimum absolute atomic E-state index is 0. The Hall–Kier alpha value is 7.18. The van der Waals surface area contributed by atoms with Gasteiger partial charge in [0.2, 0.25) is 0 Å². The molecule has 13 rings (SSSR count). The number of carboxylic acid groups (broad SMARTS) is 1. The van der Waals surface area contributed by atoms with Crippen molar-refractivity contribution in [3.05, 3.63) is 11.5 Å². The van der Waals surface area contributed by atoms with Crippen molar-refractivity contribution in [2.45, 2.75) is 344 Å². The van der Waals surface area contributed by atoms with E-state index in [4.69, 9.17) is 15.3 Å². The standard InChI is InChI=1S/C9H16OS2.C9H18S2.C7H14OS2.2C6H12S2.C5H8O2S.2C5H10OS2.C5H8OS2.C5H10S2.C4H8S2.C3H6S2.C3H4S2.8CH4/c1-8(10)4-2-3-5-9-6-7-11-12-9;1-2-3-4-5-6-9-7-8-10-11-9;1-6-4-2-3-5-7(8)10-9-6;1-2-3-6-4-5-7-8-6;1-2-4-6-8-7-5-3-1;6-5(7)4-1-2-8-3-4;2*1-4-2-7-8-3-5(4)6;1-4(6)5-2-3-7-8-5;1-2-4-6-7-5-3-1;1-2-4-6-5-3-1;2*1-2-4-5-3-1;;;;;;;;/h9H,2-7H2,1H3;9H,2-8H2,1H3;6-8H,2-5H2,1H3;6H,2-5H2,1H3;1-6H2;4H,1-3H2,(H,6,7);2*4-6H,2-3H2,1H3;5H,2-3H2,1H3;1-5H2;1-4H2;1-3H2;1-2H,3H2;8*1H4/t;;;;;;4-,5+;4-,5-;;;;;;;;;;;;;/m......11............./s1. The molecule has 680 valence electrons. The van der Waals surface area contributed by atoms with E-state index in [-0.39, 0.29) is 83.0 Å². The summed E-state index contributed by atoms with van der Waals surface area (Å²) in [6, 6.07) is 0. The average molecular weight is 2040 g/mol. The van der Waals surface area contributed by atoms with Gasteiger partial charge in [-0.05, 0) is 159 Å². The molecule has 11 atom stereocenters. The van der Waals surface area contributed by atoms with Crippen LogP contribution in [0, 0.1) is 17.8 Å². The van der Waals surface area contributed by atoms with Gasteiger partial charge < -0.3 is 25.2 Å². The zero-order valence-electron chi connectivity index (χ0n) is 63.9. The fraction of sp³-hybridized carbons (Fsp3) is 0.938. The van der Waals surface area contributed by atoms with E-state index in [1.54, 1.807) is 79.6 Å². The maximum absolute atomic E-state index is 10.6. The van der Waals surface area contributed by atoms with Gasteiger partial charge in [-0.1, -0.05) is 423 Å². The van der Waals surface area contributed by atoms with Crippen molar-refractivity contribution in [3.63, 3.8) is 0 Å². The van der Waals surface area contributed by atoms with Gasteiger partial charge in [0.05, 0.1) is 23.4 Å². The van der Waals surface area contributed by atoms with Crippen molar-refractivity contribution < 1.29 is 34.8 Å². The molecule has 0 amide bonds. The van der Waals surface area contributed by atoms with Crippen molar-refractivity contribution in [3.8, 4) is 0 Å².